The molecule has 0 saturated heterocycles. The first-order valence-corrected chi connectivity index (χ1v) is 7.45. The molecule has 2 amide bonds. The molecule has 0 bridgehead atoms. The summed E-state index contributed by atoms with van der Waals surface area (Å²) in [5, 5.41) is 10.3. The molecule has 2 rings (SSSR count). The first kappa shape index (κ1) is 16.3. The van der Waals surface area contributed by atoms with Gasteiger partial charge in [0.2, 0.25) is 5.91 Å². The van der Waals surface area contributed by atoms with Crippen molar-refractivity contribution in [3.05, 3.63) is 63.1 Å². The minimum atomic E-state index is -0.602. The van der Waals surface area contributed by atoms with Crippen LogP contribution in [-0.4, -0.2) is 16.9 Å². The van der Waals surface area contributed by atoms with Crippen LogP contribution in [0.3, 0.4) is 0 Å². The molecule has 0 spiro atoms. The molecule has 0 atom stereocenters. The summed E-state index contributed by atoms with van der Waals surface area (Å²) in [5.74, 6) is -1.17. The molecule has 114 valence electrons. The minimum absolute atomic E-state index is 0.0648. The molecule has 0 fully saturated rings. The number of amides is 2. The average molecular weight is 384 g/mol. The van der Waals surface area contributed by atoms with E-state index in [1.54, 1.807) is 30.3 Å². The molecule has 0 radical (unpaired) electrons. The highest BCUT2D eigenvalue weighted by Crippen LogP contribution is 2.21. The molecule has 0 aliphatic rings. The molecule has 0 aromatic heterocycles. The maximum absolute atomic E-state index is 11.9. The normalized spacial score (nSPS) is 10.1. The fraction of sp³-hybridized carbons (Fsp3) is 0.0667. The molecule has 7 heteroatoms. The SMILES string of the molecule is O=C(Cc1ccc(Cl)cc1)NNC(=O)c1ccc(Br)cc1O. The largest absolute Gasteiger partial charge is 0.507 e. The van der Waals surface area contributed by atoms with Crippen molar-refractivity contribution in [1.29, 1.82) is 0 Å². The average Bonchev–Trinajstić information content (AvgIpc) is 2.47. The Balaban J connectivity index is 1.90. The summed E-state index contributed by atoms with van der Waals surface area (Å²) in [7, 11) is 0. The van der Waals surface area contributed by atoms with Gasteiger partial charge < -0.3 is 5.11 Å². The lowest BCUT2D eigenvalue weighted by molar-refractivity contribution is -0.121. The molecule has 3 N–H and O–H groups in total. The smallest absolute Gasteiger partial charge is 0.273 e. The zero-order chi connectivity index (χ0) is 16.1. The molecule has 5 nitrogen and oxygen atoms in total. The second-order valence-electron chi connectivity index (χ2n) is 4.47. The van der Waals surface area contributed by atoms with E-state index in [0.717, 1.165) is 5.56 Å². The van der Waals surface area contributed by atoms with Crippen LogP contribution in [0.25, 0.3) is 0 Å². The fourth-order valence-corrected chi connectivity index (χ4v) is 2.20. The first-order chi connectivity index (χ1) is 10.5. The Morgan fingerprint density at radius 1 is 1.09 bits per heavy atom. The van der Waals surface area contributed by atoms with Gasteiger partial charge in [-0.3, -0.25) is 20.4 Å². The summed E-state index contributed by atoms with van der Waals surface area (Å²) < 4.78 is 0.647. The van der Waals surface area contributed by atoms with Crippen molar-refractivity contribution >= 4 is 39.3 Å². The van der Waals surface area contributed by atoms with Gasteiger partial charge in [-0.15, -0.1) is 0 Å². The van der Waals surface area contributed by atoms with Crippen LogP contribution in [0.5, 0.6) is 5.75 Å². The van der Waals surface area contributed by atoms with E-state index in [1.165, 1.54) is 12.1 Å². The number of hydrazine groups is 1. The number of phenols is 1. The molecule has 2 aromatic carbocycles. The number of halogens is 2. The van der Waals surface area contributed by atoms with Crippen molar-refractivity contribution in [3.8, 4) is 5.75 Å². The monoisotopic (exact) mass is 382 g/mol. The Hall–Kier alpha value is -2.05. The van der Waals surface area contributed by atoms with Gasteiger partial charge in [-0.25, -0.2) is 0 Å². The van der Waals surface area contributed by atoms with Crippen molar-refractivity contribution in [3.63, 3.8) is 0 Å². The number of benzene rings is 2. The van der Waals surface area contributed by atoms with Crippen molar-refractivity contribution in [2.75, 3.05) is 0 Å². The van der Waals surface area contributed by atoms with Gasteiger partial charge in [0, 0.05) is 9.50 Å². The minimum Gasteiger partial charge on any atom is -0.507 e. The van der Waals surface area contributed by atoms with Crippen LogP contribution >= 0.6 is 27.5 Å². The number of hydrogen-bond donors (Lipinski definition) is 3. The van der Waals surface area contributed by atoms with E-state index >= 15 is 0 Å². The predicted molar refractivity (Wildman–Crippen MR) is 86.6 cm³/mol. The maximum atomic E-state index is 11.9. The van der Waals surface area contributed by atoms with E-state index in [0.29, 0.717) is 9.50 Å². The number of aromatic hydroxyl groups is 1. The van der Waals surface area contributed by atoms with Crippen LogP contribution in [0.15, 0.2) is 46.9 Å². The van der Waals surface area contributed by atoms with Gasteiger partial charge >= 0.3 is 0 Å². The summed E-state index contributed by atoms with van der Waals surface area (Å²) in [4.78, 5) is 23.6. The molecule has 22 heavy (non-hydrogen) atoms. The highest BCUT2D eigenvalue weighted by Gasteiger charge is 2.12. The zero-order valence-corrected chi connectivity index (χ0v) is 13.6. The van der Waals surface area contributed by atoms with E-state index in [9.17, 15) is 14.7 Å². The summed E-state index contributed by atoms with van der Waals surface area (Å²) in [6, 6.07) is 11.3. The van der Waals surface area contributed by atoms with Crippen LogP contribution in [0.4, 0.5) is 0 Å². The Morgan fingerprint density at radius 2 is 1.77 bits per heavy atom. The van der Waals surface area contributed by atoms with Crippen LogP contribution in [-0.2, 0) is 11.2 Å². The van der Waals surface area contributed by atoms with Crippen molar-refractivity contribution < 1.29 is 14.7 Å². The topological polar surface area (TPSA) is 78.4 Å². The van der Waals surface area contributed by atoms with Gasteiger partial charge in [0.05, 0.1) is 12.0 Å². The lowest BCUT2D eigenvalue weighted by atomic mass is 10.1. The summed E-state index contributed by atoms with van der Waals surface area (Å²) in [6.45, 7) is 0. The summed E-state index contributed by atoms with van der Waals surface area (Å²) in [6.07, 6.45) is 0.101. The Bertz CT molecular complexity index is 704. The highest BCUT2D eigenvalue weighted by molar-refractivity contribution is 9.10. The standard InChI is InChI=1S/C15H12BrClN2O3/c16-10-3-6-12(13(20)8-10)15(22)19-18-14(21)7-9-1-4-11(17)5-2-9/h1-6,8,20H,7H2,(H,18,21)(H,19,22). The van der Waals surface area contributed by atoms with E-state index in [-0.39, 0.29) is 23.6 Å². The Kier molecular flexibility index (Phi) is 5.41. The number of nitrogens with one attached hydrogen (secondary N) is 2. The number of rotatable bonds is 3. The van der Waals surface area contributed by atoms with Gasteiger partial charge in [0.25, 0.3) is 5.91 Å². The van der Waals surface area contributed by atoms with Crippen LogP contribution < -0.4 is 10.9 Å². The highest BCUT2D eigenvalue weighted by atomic mass is 79.9. The molecule has 0 unspecified atom stereocenters. The molecular weight excluding hydrogens is 372 g/mol. The van der Waals surface area contributed by atoms with E-state index in [4.69, 9.17) is 11.6 Å². The van der Waals surface area contributed by atoms with Crippen molar-refractivity contribution in [2.45, 2.75) is 6.42 Å². The van der Waals surface area contributed by atoms with Gasteiger partial charge in [0.1, 0.15) is 5.75 Å². The third-order valence-corrected chi connectivity index (χ3v) is 3.54. The summed E-state index contributed by atoms with van der Waals surface area (Å²) in [5.41, 5.74) is 5.37. The number of carbonyl (C=O) groups is 2. The maximum Gasteiger partial charge on any atom is 0.273 e. The lowest BCUT2D eigenvalue weighted by Gasteiger charge is -2.09. The molecule has 0 aliphatic heterocycles. The molecule has 0 aliphatic carbocycles. The quantitative estimate of drug-likeness (QED) is 0.713. The summed E-state index contributed by atoms with van der Waals surface area (Å²) >= 11 is 8.94. The Morgan fingerprint density at radius 3 is 2.41 bits per heavy atom. The molecular formula is C15H12BrClN2O3. The van der Waals surface area contributed by atoms with Gasteiger partial charge in [0.15, 0.2) is 0 Å². The van der Waals surface area contributed by atoms with E-state index < -0.39 is 5.91 Å². The first-order valence-electron chi connectivity index (χ1n) is 6.28. The second kappa shape index (κ2) is 7.29. The number of carbonyl (C=O) groups excluding carboxylic acids is 2. The fourth-order valence-electron chi connectivity index (χ4n) is 1.72. The Labute approximate surface area is 140 Å². The molecule has 2 aromatic rings. The van der Waals surface area contributed by atoms with Gasteiger partial charge in [-0.05, 0) is 35.9 Å². The number of phenolic OH excluding ortho intramolecular Hbond substituents is 1. The van der Waals surface area contributed by atoms with Crippen molar-refractivity contribution in [1.82, 2.24) is 10.9 Å². The lowest BCUT2D eigenvalue weighted by Crippen LogP contribution is -2.42. The van der Waals surface area contributed by atoms with Gasteiger partial charge in [-0.2, -0.15) is 0 Å². The van der Waals surface area contributed by atoms with E-state index in [2.05, 4.69) is 26.8 Å². The third kappa shape index (κ3) is 4.47. The predicted octanol–water partition coefficient (Wildman–Crippen LogP) is 2.81. The van der Waals surface area contributed by atoms with Crippen molar-refractivity contribution in [2.24, 2.45) is 0 Å². The number of hydrogen-bond acceptors (Lipinski definition) is 3. The third-order valence-electron chi connectivity index (χ3n) is 2.80. The van der Waals surface area contributed by atoms with Crippen LogP contribution in [0.1, 0.15) is 15.9 Å². The zero-order valence-electron chi connectivity index (χ0n) is 11.3. The van der Waals surface area contributed by atoms with Crippen LogP contribution in [0.2, 0.25) is 5.02 Å². The molecule has 0 heterocycles. The second-order valence-corrected chi connectivity index (χ2v) is 5.82. The van der Waals surface area contributed by atoms with E-state index in [1.807, 2.05) is 0 Å². The molecule has 0 saturated carbocycles. The van der Waals surface area contributed by atoms with Gasteiger partial charge in [-0.1, -0.05) is 39.7 Å². The van der Waals surface area contributed by atoms with Crippen LogP contribution in [0, 0.1) is 0 Å².